The van der Waals surface area contributed by atoms with E-state index in [2.05, 4.69) is 0 Å². The number of benzene rings is 2. The molecule has 2 fully saturated rings. The maximum Gasteiger partial charge on any atom is 0.253 e. The Balaban J connectivity index is 1.33. The van der Waals surface area contributed by atoms with Crippen LogP contribution in [0.2, 0.25) is 0 Å². The molecule has 0 aromatic heterocycles. The predicted molar refractivity (Wildman–Crippen MR) is 96.1 cm³/mol. The van der Waals surface area contributed by atoms with E-state index in [1.807, 2.05) is 0 Å². The second-order valence-corrected chi connectivity index (χ2v) is 7.09. The molecule has 4 nitrogen and oxygen atoms in total. The molecule has 4 rings (SSSR count). The van der Waals surface area contributed by atoms with E-state index in [1.165, 1.54) is 30.3 Å². The Labute approximate surface area is 156 Å². The molecule has 1 heterocycles. The molecule has 1 saturated carbocycles. The van der Waals surface area contributed by atoms with E-state index < -0.39 is 0 Å². The van der Waals surface area contributed by atoms with Crippen LogP contribution in [0.25, 0.3) is 0 Å². The van der Waals surface area contributed by atoms with E-state index in [4.69, 9.17) is 0 Å². The summed E-state index contributed by atoms with van der Waals surface area (Å²) >= 11 is 0. The quantitative estimate of drug-likeness (QED) is 0.833. The summed E-state index contributed by atoms with van der Waals surface area (Å²) in [6, 6.07) is 12.1. The van der Waals surface area contributed by atoms with Gasteiger partial charge in [0.15, 0.2) is 0 Å². The summed E-state index contributed by atoms with van der Waals surface area (Å²) < 4.78 is 26.9. The molecule has 1 aliphatic heterocycles. The third-order valence-corrected chi connectivity index (χ3v) is 5.38. The van der Waals surface area contributed by atoms with Gasteiger partial charge in [-0.2, -0.15) is 0 Å². The van der Waals surface area contributed by atoms with Gasteiger partial charge in [-0.25, -0.2) is 8.78 Å². The topological polar surface area (TPSA) is 40.6 Å². The Morgan fingerprint density at radius 2 is 1.48 bits per heavy atom. The molecule has 2 atom stereocenters. The molecule has 2 aliphatic rings. The van der Waals surface area contributed by atoms with E-state index >= 15 is 0 Å². The van der Waals surface area contributed by atoms with Gasteiger partial charge < -0.3 is 9.80 Å². The summed E-state index contributed by atoms with van der Waals surface area (Å²) in [6.45, 7) is 1.82. The minimum absolute atomic E-state index is 0.0390. The highest BCUT2D eigenvalue weighted by Crippen LogP contribution is 2.49. The predicted octanol–water partition coefficient (Wildman–Crippen LogP) is 3.05. The molecule has 140 valence electrons. The minimum atomic E-state index is -0.379. The Bertz CT molecular complexity index is 861. The fourth-order valence-electron chi connectivity index (χ4n) is 3.73. The lowest BCUT2D eigenvalue weighted by molar-refractivity contribution is -0.134. The fraction of sp³-hybridized carbons (Fsp3) is 0.333. The van der Waals surface area contributed by atoms with Crippen LogP contribution in [0.15, 0.2) is 48.5 Å². The molecule has 0 spiro atoms. The maximum atomic E-state index is 13.9. The summed E-state index contributed by atoms with van der Waals surface area (Å²) in [5, 5.41) is 0. The maximum absolute atomic E-state index is 13.9. The largest absolute Gasteiger partial charge is 0.339 e. The molecule has 2 aromatic carbocycles. The zero-order chi connectivity index (χ0) is 19.0. The molecular weight excluding hydrogens is 350 g/mol. The molecule has 1 aliphatic carbocycles. The van der Waals surface area contributed by atoms with Crippen molar-refractivity contribution in [1.29, 1.82) is 0 Å². The van der Waals surface area contributed by atoms with Crippen LogP contribution in [0.1, 0.15) is 28.3 Å². The lowest BCUT2D eigenvalue weighted by Crippen LogP contribution is -2.51. The van der Waals surface area contributed by atoms with Crippen molar-refractivity contribution >= 4 is 11.8 Å². The number of rotatable bonds is 3. The van der Waals surface area contributed by atoms with Gasteiger partial charge in [-0.05, 0) is 48.2 Å². The summed E-state index contributed by atoms with van der Waals surface area (Å²) in [5.41, 5.74) is 1.05. The van der Waals surface area contributed by atoms with Crippen molar-refractivity contribution in [2.45, 2.75) is 12.3 Å². The van der Waals surface area contributed by atoms with E-state index in [0.717, 1.165) is 0 Å². The molecule has 27 heavy (non-hydrogen) atoms. The first-order valence-corrected chi connectivity index (χ1v) is 9.12. The van der Waals surface area contributed by atoms with Gasteiger partial charge in [-0.1, -0.05) is 18.2 Å². The standard InChI is InChI=1S/C21H20F2N2O2/c22-15-7-5-14(6-8-15)20(26)24-9-11-25(12-10-24)21(27)18-13-17(18)16-3-1-2-4-19(16)23/h1-8,17-18H,9-13H2. The van der Waals surface area contributed by atoms with Gasteiger partial charge in [0.2, 0.25) is 5.91 Å². The third kappa shape index (κ3) is 3.56. The highest BCUT2D eigenvalue weighted by Gasteiger charge is 2.47. The van der Waals surface area contributed by atoms with Crippen molar-refractivity contribution in [3.63, 3.8) is 0 Å². The Morgan fingerprint density at radius 3 is 2.15 bits per heavy atom. The first-order valence-electron chi connectivity index (χ1n) is 9.12. The van der Waals surface area contributed by atoms with Gasteiger partial charge in [0.25, 0.3) is 5.91 Å². The van der Waals surface area contributed by atoms with Crippen molar-refractivity contribution in [2.24, 2.45) is 5.92 Å². The molecule has 0 N–H and O–H groups in total. The number of carbonyl (C=O) groups is 2. The molecule has 2 amide bonds. The molecular formula is C21H20F2N2O2. The summed E-state index contributed by atoms with van der Waals surface area (Å²) in [5.74, 6) is -0.961. The highest BCUT2D eigenvalue weighted by atomic mass is 19.1. The third-order valence-electron chi connectivity index (χ3n) is 5.38. The van der Waals surface area contributed by atoms with E-state index in [9.17, 15) is 18.4 Å². The van der Waals surface area contributed by atoms with E-state index in [1.54, 1.807) is 28.0 Å². The van der Waals surface area contributed by atoms with Gasteiger partial charge in [-0.3, -0.25) is 9.59 Å². The van der Waals surface area contributed by atoms with Crippen LogP contribution in [-0.4, -0.2) is 47.8 Å². The molecule has 2 unspecified atom stereocenters. The Morgan fingerprint density at radius 1 is 0.852 bits per heavy atom. The summed E-state index contributed by atoms with van der Waals surface area (Å²) in [6.07, 6.45) is 0.675. The van der Waals surface area contributed by atoms with Gasteiger partial charge in [-0.15, -0.1) is 0 Å². The van der Waals surface area contributed by atoms with Crippen molar-refractivity contribution in [3.8, 4) is 0 Å². The van der Waals surface area contributed by atoms with Crippen LogP contribution in [0.4, 0.5) is 8.78 Å². The first-order chi connectivity index (χ1) is 13.0. The van der Waals surface area contributed by atoms with Crippen LogP contribution in [-0.2, 0) is 4.79 Å². The molecule has 2 aromatic rings. The molecule has 1 saturated heterocycles. The normalized spacial score (nSPS) is 21.9. The second kappa shape index (κ2) is 7.10. The van der Waals surface area contributed by atoms with Gasteiger partial charge in [0.05, 0.1) is 0 Å². The number of nitrogens with zero attached hydrogens (tertiary/aromatic N) is 2. The van der Waals surface area contributed by atoms with E-state index in [0.29, 0.717) is 43.7 Å². The van der Waals surface area contributed by atoms with Crippen LogP contribution in [0.3, 0.4) is 0 Å². The number of hydrogen-bond acceptors (Lipinski definition) is 2. The van der Waals surface area contributed by atoms with Crippen molar-refractivity contribution in [1.82, 2.24) is 9.80 Å². The number of carbonyl (C=O) groups excluding carboxylic acids is 2. The SMILES string of the molecule is O=C(c1ccc(F)cc1)N1CCN(C(=O)C2CC2c2ccccc2F)CC1. The molecule has 0 bridgehead atoms. The number of piperazine rings is 1. The average molecular weight is 370 g/mol. The van der Waals surface area contributed by atoms with Crippen molar-refractivity contribution in [3.05, 3.63) is 71.3 Å². The lowest BCUT2D eigenvalue weighted by Gasteiger charge is -2.35. The van der Waals surface area contributed by atoms with Crippen molar-refractivity contribution < 1.29 is 18.4 Å². The van der Waals surface area contributed by atoms with Crippen molar-refractivity contribution in [2.75, 3.05) is 26.2 Å². The Kier molecular flexibility index (Phi) is 4.64. The zero-order valence-corrected chi connectivity index (χ0v) is 14.8. The fourth-order valence-corrected chi connectivity index (χ4v) is 3.73. The molecule has 6 heteroatoms. The van der Waals surface area contributed by atoms with Crippen LogP contribution >= 0.6 is 0 Å². The van der Waals surface area contributed by atoms with Gasteiger partial charge in [0.1, 0.15) is 11.6 Å². The number of hydrogen-bond donors (Lipinski definition) is 0. The second-order valence-electron chi connectivity index (χ2n) is 7.09. The van der Waals surface area contributed by atoms with E-state index in [-0.39, 0.29) is 35.3 Å². The average Bonchev–Trinajstić information content (AvgIpc) is 3.48. The van der Waals surface area contributed by atoms with Gasteiger partial charge in [0, 0.05) is 37.7 Å². The number of amides is 2. The molecule has 0 radical (unpaired) electrons. The first kappa shape index (κ1) is 17.6. The zero-order valence-electron chi connectivity index (χ0n) is 14.8. The van der Waals surface area contributed by atoms with Gasteiger partial charge >= 0.3 is 0 Å². The van der Waals surface area contributed by atoms with Crippen LogP contribution in [0.5, 0.6) is 0 Å². The minimum Gasteiger partial charge on any atom is -0.339 e. The lowest BCUT2D eigenvalue weighted by atomic mass is 10.1. The highest BCUT2D eigenvalue weighted by molar-refractivity contribution is 5.94. The van der Waals surface area contributed by atoms with Crippen LogP contribution < -0.4 is 0 Å². The van der Waals surface area contributed by atoms with Crippen LogP contribution in [0, 0.1) is 17.6 Å². The Hall–Kier alpha value is -2.76. The summed E-state index contributed by atoms with van der Waals surface area (Å²) in [7, 11) is 0. The smallest absolute Gasteiger partial charge is 0.253 e. The monoisotopic (exact) mass is 370 g/mol. The summed E-state index contributed by atoms with van der Waals surface area (Å²) in [4.78, 5) is 28.6. The number of halogens is 2.